The Kier molecular flexibility index (Phi) is 62.9. The summed E-state index contributed by atoms with van der Waals surface area (Å²) in [7, 11) is 0. The number of unbranched alkanes of at least 4 members (excludes halogenated alkanes) is 51. The number of amides is 1. The number of carbonyl (C=O) groups is 2. The molecule has 0 aromatic heterocycles. The molecule has 0 saturated carbocycles. The fourth-order valence-electron chi connectivity index (χ4n) is 10.9. The van der Waals surface area contributed by atoms with E-state index in [-0.39, 0.29) is 18.5 Å². The summed E-state index contributed by atoms with van der Waals surface area (Å²) in [4.78, 5) is 24.6. The Bertz CT molecular complexity index is 1110. The van der Waals surface area contributed by atoms with E-state index >= 15 is 0 Å². The van der Waals surface area contributed by atoms with Gasteiger partial charge in [0.1, 0.15) is 0 Å². The topological polar surface area (TPSA) is 95.9 Å². The second kappa shape index (κ2) is 64.1. The van der Waals surface area contributed by atoms with E-state index in [1.165, 1.54) is 308 Å². The number of allylic oxidation sites excluding steroid dienone is 2. The molecule has 6 heteroatoms. The number of carbonyl (C=O) groups excluding carboxylic acids is 2. The number of hydrogen-bond acceptors (Lipinski definition) is 5. The highest BCUT2D eigenvalue weighted by Gasteiger charge is 2.20. The second-order valence-corrected chi connectivity index (χ2v) is 23.5. The van der Waals surface area contributed by atoms with Gasteiger partial charge in [-0.05, 0) is 51.4 Å². The summed E-state index contributed by atoms with van der Waals surface area (Å²) in [5, 5.41) is 23.4. The van der Waals surface area contributed by atoms with Crippen molar-refractivity contribution in [1.29, 1.82) is 0 Å². The summed E-state index contributed by atoms with van der Waals surface area (Å²) in [5.74, 6) is -0.0244. The van der Waals surface area contributed by atoms with E-state index in [4.69, 9.17) is 4.74 Å². The second-order valence-electron chi connectivity index (χ2n) is 23.5. The zero-order valence-corrected chi connectivity index (χ0v) is 50.4. The molecular weight excluding hydrogens is 911 g/mol. The van der Waals surface area contributed by atoms with Gasteiger partial charge in [-0.2, -0.15) is 0 Å². The normalized spacial score (nSPS) is 12.5. The summed E-state index contributed by atoms with van der Waals surface area (Å²) >= 11 is 0. The Morgan fingerprint density at radius 2 is 0.635 bits per heavy atom. The Balaban J connectivity index is 3.38. The van der Waals surface area contributed by atoms with Crippen molar-refractivity contribution in [2.24, 2.45) is 0 Å². The summed E-state index contributed by atoms with van der Waals surface area (Å²) in [6, 6.07) is -0.541. The number of hydrogen-bond donors (Lipinski definition) is 3. The van der Waals surface area contributed by atoms with Gasteiger partial charge in [-0.1, -0.05) is 334 Å². The quantitative estimate of drug-likeness (QED) is 0.0320. The van der Waals surface area contributed by atoms with E-state index in [1.807, 2.05) is 0 Å². The molecule has 2 unspecified atom stereocenters. The van der Waals surface area contributed by atoms with E-state index < -0.39 is 12.1 Å². The minimum absolute atomic E-state index is 0.00532. The lowest BCUT2D eigenvalue weighted by molar-refractivity contribution is -0.143. The molecule has 0 saturated heterocycles. The molecule has 440 valence electrons. The lowest BCUT2D eigenvalue weighted by Gasteiger charge is -2.22. The third-order valence-corrected chi connectivity index (χ3v) is 16.1. The van der Waals surface area contributed by atoms with Gasteiger partial charge >= 0.3 is 5.97 Å². The minimum atomic E-state index is -0.664. The lowest BCUT2D eigenvalue weighted by atomic mass is 10.0. The molecule has 0 radical (unpaired) electrons. The van der Waals surface area contributed by atoms with Gasteiger partial charge in [-0.15, -0.1) is 0 Å². The maximum Gasteiger partial charge on any atom is 0.305 e. The van der Waals surface area contributed by atoms with Crippen molar-refractivity contribution in [1.82, 2.24) is 5.32 Å². The predicted octanol–water partition coefficient (Wildman–Crippen LogP) is 21.6. The Hall–Kier alpha value is -1.40. The predicted molar refractivity (Wildman–Crippen MR) is 324 cm³/mol. The molecule has 0 rings (SSSR count). The molecule has 74 heavy (non-hydrogen) atoms. The van der Waals surface area contributed by atoms with Gasteiger partial charge in [0.2, 0.25) is 5.91 Å². The third kappa shape index (κ3) is 59.8. The number of rotatable bonds is 64. The monoisotopic (exact) mass is 1040 g/mol. The number of aliphatic hydroxyl groups excluding tert-OH is 2. The number of ether oxygens (including phenoxy) is 1. The summed E-state index contributed by atoms with van der Waals surface area (Å²) in [6.07, 6.45) is 78.2. The van der Waals surface area contributed by atoms with Crippen molar-refractivity contribution >= 4 is 11.9 Å². The number of aliphatic hydroxyl groups is 2. The fourth-order valence-corrected chi connectivity index (χ4v) is 10.9. The average molecular weight is 1040 g/mol. The molecule has 0 aliphatic carbocycles. The largest absolute Gasteiger partial charge is 0.466 e. The zero-order valence-electron chi connectivity index (χ0n) is 50.4. The molecule has 2 atom stereocenters. The van der Waals surface area contributed by atoms with Gasteiger partial charge < -0.3 is 20.3 Å². The van der Waals surface area contributed by atoms with Crippen molar-refractivity contribution in [2.75, 3.05) is 13.2 Å². The van der Waals surface area contributed by atoms with Gasteiger partial charge in [0.05, 0.1) is 25.4 Å². The molecule has 6 nitrogen and oxygen atoms in total. The van der Waals surface area contributed by atoms with Crippen LogP contribution in [0.4, 0.5) is 0 Å². The highest BCUT2D eigenvalue weighted by molar-refractivity contribution is 5.76. The first kappa shape index (κ1) is 72.6. The van der Waals surface area contributed by atoms with E-state index in [0.717, 1.165) is 44.9 Å². The van der Waals surface area contributed by atoms with Crippen LogP contribution in [0.3, 0.4) is 0 Å². The zero-order chi connectivity index (χ0) is 53.6. The Morgan fingerprint density at radius 3 is 0.986 bits per heavy atom. The lowest BCUT2D eigenvalue weighted by Crippen LogP contribution is -2.45. The van der Waals surface area contributed by atoms with Gasteiger partial charge in [0, 0.05) is 12.8 Å². The first-order chi connectivity index (χ1) is 36.5. The van der Waals surface area contributed by atoms with Crippen molar-refractivity contribution in [2.45, 2.75) is 398 Å². The fraction of sp³-hybridized carbons (Fsp3) is 0.941. The van der Waals surface area contributed by atoms with Crippen LogP contribution in [0.25, 0.3) is 0 Å². The van der Waals surface area contributed by atoms with E-state index in [0.29, 0.717) is 25.9 Å². The molecule has 0 spiro atoms. The van der Waals surface area contributed by atoms with Crippen LogP contribution >= 0.6 is 0 Å². The highest BCUT2D eigenvalue weighted by Crippen LogP contribution is 2.19. The summed E-state index contributed by atoms with van der Waals surface area (Å²) in [6.45, 7) is 4.96. The summed E-state index contributed by atoms with van der Waals surface area (Å²) < 4.78 is 5.47. The molecule has 3 N–H and O–H groups in total. The van der Waals surface area contributed by atoms with Gasteiger partial charge in [0.25, 0.3) is 0 Å². The molecular formula is C68H133NO5. The molecule has 0 aromatic carbocycles. The van der Waals surface area contributed by atoms with E-state index in [1.54, 1.807) is 0 Å². The first-order valence-corrected chi connectivity index (χ1v) is 33.9. The van der Waals surface area contributed by atoms with Crippen molar-refractivity contribution in [3.63, 3.8) is 0 Å². The van der Waals surface area contributed by atoms with Crippen molar-refractivity contribution < 1.29 is 24.5 Å². The van der Waals surface area contributed by atoms with Gasteiger partial charge in [-0.3, -0.25) is 9.59 Å². The van der Waals surface area contributed by atoms with Crippen LogP contribution in [0.5, 0.6) is 0 Å². The van der Waals surface area contributed by atoms with Crippen LogP contribution in [0.2, 0.25) is 0 Å². The first-order valence-electron chi connectivity index (χ1n) is 33.9. The Labute approximate surface area is 463 Å². The van der Waals surface area contributed by atoms with Crippen LogP contribution in [-0.2, 0) is 14.3 Å². The Morgan fingerprint density at radius 1 is 0.365 bits per heavy atom. The van der Waals surface area contributed by atoms with E-state index in [2.05, 4.69) is 31.3 Å². The van der Waals surface area contributed by atoms with Crippen LogP contribution in [-0.4, -0.2) is 47.4 Å². The van der Waals surface area contributed by atoms with E-state index in [9.17, 15) is 19.8 Å². The van der Waals surface area contributed by atoms with Gasteiger partial charge in [0.15, 0.2) is 0 Å². The van der Waals surface area contributed by atoms with Crippen molar-refractivity contribution in [3.05, 3.63) is 12.2 Å². The maximum atomic E-state index is 12.5. The standard InChI is InChI=1S/C68H133NO5/c1-3-5-7-9-11-13-15-17-18-19-20-21-25-28-31-34-37-40-44-48-52-56-60-66(71)65(64-70)69-67(72)61-57-53-49-45-41-38-35-32-29-26-23-22-24-27-30-33-36-39-43-47-51-55-59-63-74-68(73)62-58-54-50-46-42-16-14-12-10-8-6-4-2/h12,14,65-66,70-71H,3-11,13,15-64H2,1-2H3,(H,69,72)/b14-12-. The number of esters is 1. The van der Waals surface area contributed by atoms with Gasteiger partial charge in [-0.25, -0.2) is 0 Å². The van der Waals surface area contributed by atoms with Crippen LogP contribution in [0.1, 0.15) is 386 Å². The molecule has 0 aliphatic heterocycles. The summed E-state index contributed by atoms with van der Waals surface area (Å²) in [5.41, 5.74) is 0. The van der Waals surface area contributed by atoms with Crippen LogP contribution in [0, 0.1) is 0 Å². The average Bonchev–Trinajstić information content (AvgIpc) is 3.40. The third-order valence-electron chi connectivity index (χ3n) is 16.1. The molecule has 0 aromatic rings. The highest BCUT2D eigenvalue weighted by atomic mass is 16.5. The van der Waals surface area contributed by atoms with Crippen LogP contribution < -0.4 is 5.32 Å². The SMILES string of the molecule is CCCCC/C=C\CCCCCCCC(=O)OCCCCCCCCCCCCCCCCCCCCCCCCCC(=O)NC(CO)C(O)CCCCCCCCCCCCCCCCCCCCCCCC. The molecule has 0 heterocycles. The van der Waals surface area contributed by atoms with Crippen molar-refractivity contribution in [3.8, 4) is 0 Å². The minimum Gasteiger partial charge on any atom is -0.466 e. The smallest absolute Gasteiger partial charge is 0.305 e. The van der Waals surface area contributed by atoms with Crippen LogP contribution in [0.15, 0.2) is 12.2 Å². The molecule has 1 amide bonds. The maximum absolute atomic E-state index is 12.5. The molecule has 0 fully saturated rings. The molecule has 0 aliphatic rings. The number of nitrogens with one attached hydrogen (secondary N) is 1. The molecule has 0 bridgehead atoms.